The predicted octanol–water partition coefficient (Wildman–Crippen LogP) is 1.01. The Kier molecular flexibility index (Phi) is 3.79. The molecule has 3 heteroatoms. The molecule has 0 radical (unpaired) electrons. The third-order valence-corrected chi connectivity index (χ3v) is 3.42. The lowest BCUT2D eigenvalue weighted by Crippen LogP contribution is -2.40. The Morgan fingerprint density at radius 2 is 2.14 bits per heavy atom. The van der Waals surface area contributed by atoms with E-state index in [1.165, 1.54) is 25.7 Å². The van der Waals surface area contributed by atoms with Crippen LogP contribution in [0.3, 0.4) is 0 Å². The van der Waals surface area contributed by atoms with Crippen LogP contribution < -0.4 is 0 Å². The van der Waals surface area contributed by atoms with Crippen molar-refractivity contribution in [3.05, 3.63) is 0 Å². The maximum Gasteiger partial charge on any atom is 0.0702 e. The van der Waals surface area contributed by atoms with Gasteiger partial charge in [0.2, 0.25) is 0 Å². The van der Waals surface area contributed by atoms with Crippen molar-refractivity contribution < 1.29 is 9.84 Å². The molecule has 2 aliphatic heterocycles. The van der Waals surface area contributed by atoms with E-state index in [4.69, 9.17) is 4.74 Å². The van der Waals surface area contributed by atoms with Crippen LogP contribution in [0, 0.1) is 0 Å². The van der Waals surface area contributed by atoms with Gasteiger partial charge in [0, 0.05) is 19.2 Å². The molecule has 14 heavy (non-hydrogen) atoms. The van der Waals surface area contributed by atoms with Crippen molar-refractivity contribution in [1.82, 2.24) is 4.90 Å². The predicted molar refractivity (Wildman–Crippen MR) is 55.3 cm³/mol. The fourth-order valence-corrected chi connectivity index (χ4v) is 2.56. The smallest absolute Gasteiger partial charge is 0.0702 e. The number of ether oxygens (including phenoxy) is 1. The van der Waals surface area contributed by atoms with Crippen molar-refractivity contribution >= 4 is 0 Å². The van der Waals surface area contributed by atoms with Crippen LogP contribution in [0.1, 0.15) is 32.1 Å². The Hall–Kier alpha value is -0.120. The molecule has 0 aromatic heterocycles. The number of rotatable bonds is 3. The molecule has 2 heterocycles. The topological polar surface area (TPSA) is 32.7 Å². The normalized spacial score (nSPS) is 34.9. The van der Waals surface area contributed by atoms with E-state index in [0.29, 0.717) is 18.8 Å². The van der Waals surface area contributed by atoms with Gasteiger partial charge in [-0.3, -0.25) is 4.90 Å². The Morgan fingerprint density at radius 3 is 2.86 bits per heavy atom. The number of hydrogen-bond donors (Lipinski definition) is 1. The van der Waals surface area contributed by atoms with E-state index in [9.17, 15) is 5.11 Å². The fourth-order valence-electron chi connectivity index (χ4n) is 2.56. The number of likely N-dealkylation sites (tertiary alicyclic amines) is 1. The van der Waals surface area contributed by atoms with Gasteiger partial charge in [-0.05, 0) is 38.6 Å². The molecule has 0 aromatic rings. The second-order valence-electron chi connectivity index (χ2n) is 4.46. The molecule has 0 aliphatic carbocycles. The zero-order valence-corrected chi connectivity index (χ0v) is 8.82. The average Bonchev–Trinajstić information content (AvgIpc) is 2.67. The van der Waals surface area contributed by atoms with Crippen LogP contribution in [-0.2, 0) is 4.74 Å². The van der Waals surface area contributed by atoms with Gasteiger partial charge in [-0.25, -0.2) is 0 Å². The molecule has 0 bridgehead atoms. The lowest BCUT2D eigenvalue weighted by molar-refractivity contribution is -0.0116. The van der Waals surface area contributed by atoms with Crippen molar-refractivity contribution in [3.8, 4) is 0 Å². The first-order valence-corrected chi connectivity index (χ1v) is 5.86. The van der Waals surface area contributed by atoms with Gasteiger partial charge in [-0.2, -0.15) is 0 Å². The van der Waals surface area contributed by atoms with Crippen molar-refractivity contribution in [2.75, 3.05) is 26.3 Å². The van der Waals surface area contributed by atoms with Crippen LogP contribution in [0.15, 0.2) is 0 Å². The highest BCUT2D eigenvalue weighted by Gasteiger charge is 2.26. The number of hydrogen-bond acceptors (Lipinski definition) is 3. The highest BCUT2D eigenvalue weighted by Crippen LogP contribution is 2.20. The van der Waals surface area contributed by atoms with Gasteiger partial charge in [0.05, 0.1) is 12.7 Å². The van der Waals surface area contributed by atoms with Gasteiger partial charge in [0.15, 0.2) is 0 Å². The van der Waals surface area contributed by atoms with Crippen molar-refractivity contribution in [2.45, 2.75) is 44.2 Å². The maximum absolute atomic E-state index is 9.18. The third kappa shape index (κ3) is 2.47. The fraction of sp³-hybridized carbons (Fsp3) is 1.00. The van der Waals surface area contributed by atoms with Gasteiger partial charge in [0.25, 0.3) is 0 Å². The van der Waals surface area contributed by atoms with Gasteiger partial charge >= 0.3 is 0 Å². The van der Waals surface area contributed by atoms with E-state index < -0.39 is 0 Å². The van der Waals surface area contributed by atoms with E-state index in [1.807, 2.05) is 0 Å². The highest BCUT2D eigenvalue weighted by atomic mass is 16.5. The first-order valence-electron chi connectivity index (χ1n) is 5.86. The molecule has 2 aliphatic rings. The number of nitrogens with zero attached hydrogens (tertiary/aromatic N) is 1. The summed E-state index contributed by atoms with van der Waals surface area (Å²) in [5.41, 5.74) is 0. The minimum atomic E-state index is 0.312. The summed E-state index contributed by atoms with van der Waals surface area (Å²) in [5.74, 6) is 0. The van der Waals surface area contributed by atoms with Crippen molar-refractivity contribution in [3.63, 3.8) is 0 Å². The minimum absolute atomic E-state index is 0.312. The minimum Gasteiger partial charge on any atom is -0.395 e. The molecule has 2 fully saturated rings. The molecule has 0 aromatic carbocycles. The summed E-state index contributed by atoms with van der Waals surface area (Å²) in [6, 6.07) is 0.403. The largest absolute Gasteiger partial charge is 0.395 e. The molecule has 2 atom stereocenters. The van der Waals surface area contributed by atoms with Crippen LogP contribution in [0.25, 0.3) is 0 Å². The van der Waals surface area contributed by atoms with Crippen LogP contribution >= 0.6 is 0 Å². The third-order valence-electron chi connectivity index (χ3n) is 3.42. The zero-order chi connectivity index (χ0) is 9.80. The van der Waals surface area contributed by atoms with Crippen LogP contribution in [0.5, 0.6) is 0 Å². The van der Waals surface area contributed by atoms with E-state index in [2.05, 4.69) is 4.90 Å². The van der Waals surface area contributed by atoms with E-state index >= 15 is 0 Å². The molecule has 2 rings (SSSR count). The summed E-state index contributed by atoms with van der Waals surface area (Å²) in [4.78, 5) is 2.40. The summed E-state index contributed by atoms with van der Waals surface area (Å²) in [6.45, 7) is 3.42. The van der Waals surface area contributed by atoms with E-state index in [0.717, 1.165) is 26.1 Å². The van der Waals surface area contributed by atoms with Crippen LogP contribution in [-0.4, -0.2) is 48.5 Å². The molecule has 1 unspecified atom stereocenters. The Balaban J connectivity index is 1.77. The summed E-state index contributed by atoms with van der Waals surface area (Å²) in [5, 5.41) is 9.18. The molecular formula is C11H21NO2. The van der Waals surface area contributed by atoms with Crippen LogP contribution in [0.2, 0.25) is 0 Å². The van der Waals surface area contributed by atoms with Crippen LogP contribution in [0.4, 0.5) is 0 Å². The zero-order valence-electron chi connectivity index (χ0n) is 8.82. The molecule has 3 nitrogen and oxygen atoms in total. The quantitative estimate of drug-likeness (QED) is 0.736. The monoisotopic (exact) mass is 199 g/mol. The van der Waals surface area contributed by atoms with Gasteiger partial charge in [-0.1, -0.05) is 0 Å². The van der Waals surface area contributed by atoms with Gasteiger partial charge < -0.3 is 9.84 Å². The second kappa shape index (κ2) is 5.10. The molecule has 82 valence electrons. The molecule has 2 saturated heterocycles. The molecular weight excluding hydrogens is 178 g/mol. The molecule has 0 saturated carbocycles. The van der Waals surface area contributed by atoms with Crippen molar-refractivity contribution in [1.29, 1.82) is 0 Å². The number of aliphatic hydroxyl groups excluding tert-OH is 1. The molecule has 0 spiro atoms. The Morgan fingerprint density at radius 1 is 1.21 bits per heavy atom. The lowest BCUT2D eigenvalue weighted by Gasteiger charge is -2.30. The molecule has 0 amide bonds. The SMILES string of the molecule is OC[C@@H]1CCCN1CC1CCCCO1. The summed E-state index contributed by atoms with van der Waals surface area (Å²) in [6.07, 6.45) is 6.55. The lowest BCUT2D eigenvalue weighted by atomic mass is 10.1. The summed E-state index contributed by atoms with van der Waals surface area (Å²) in [7, 11) is 0. The van der Waals surface area contributed by atoms with E-state index in [-0.39, 0.29) is 0 Å². The highest BCUT2D eigenvalue weighted by molar-refractivity contribution is 4.81. The molecule has 1 N–H and O–H groups in total. The Labute approximate surface area is 86.0 Å². The average molecular weight is 199 g/mol. The summed E-state index contributed by atoms with van der Waals surface area (Å²) < 4.78 is 5.71. The standard InChI is InChI=1S/C11H21NO2/c13-9-10-4-3-6-12(10)8-11-5-1-2-7-14-11/h10-11,13H,1-9H2/t10-,11?/m0/s1. The number of aliphatic hydroxyl groups is 1. The van der Waals surface area contributed by atoms with E-state index in [1.54, 1.807) is 0 Å². The van der Waals surface area contributed by atoms with Crippen molar-refractivity contribution in [2.24, 2.45) is 0 Å². The Bertz CT molecular complexity index is 169. The first kappa shape index (κ1) is 10.4. The maximum atomic E-state index is 9.18. The van der Waals surface area contributed by atoms with Gasteiger partial charge in [0.1, 0.15) is 0 Å². The van der Waals surface area contributed by atoms with Gasteiger partial charge in [-0.15, -0.1) is 0 Å². The first-order chi connectivity index (χ1) is 6.90. The summed E-state index contributed by atoms with van der Waals surface area (Å²) >= 11 is 0. The second-order valence-corrected chi connectivity index (χ2v) is 4.46.